The van der Waals surface area contributed by atoms with Crippen molar-refractivity contribution < 1.29 is 9.90 Å². The number of amides is 1. The van der Waals surface area contributed by atoms with Gasteiger partial charge in [0.05, 0.1) is 6.04 Å². The van der Waals surface area contributed by atoms with Gasteiger partial charge in [-0.2, -0.15) is 0 Å². The lowest BCUT2D eigenvalue weighted by Crippen LogP contribution is -2.58. The van der Waals surface area contributed by atoms with Gasteiger partial charge >= 0.3 is 0 Å². The van der Waals surface area contributed by atoms with Crippen molar-refractivity contribution in [3.05, 3.63) is 71.3 Å². The van der Waals surface area contributed by atoms with Crippen LogP contribution < -0.4 is 0 Å². The van der Waals surface area contributed by atoms with E-state index in [1.807, 2.05) is 61.5 Å². The fourth-order valence-electron chi connectivity index (χ4n) is 2.61. The van der Waals surface area contributed by atoms with Crippen LogP contribution in [0.3, 0.4) is 0 Å². The molecule has 1 aliphatic rings. The molecule has 0 saturated carbocycles. The Kier molecular flexibility index (Phi) is 3.28. The van der Waals surface area contributed by atoms with Gasteiger partial charge in [0, 0.05) is 6.54 Å². The largest absolute Gasteiger partial charge is 0.381 e. The summed E-state index contributed by atoms with van der Waals surface area (Å²) in [6.45, 7) is 2.56. The molecule has 3 rings (SSSR count). The minimum Gasteiger partial charge on any atom is -0.381 e. The summed E-state index contributed by atoms with van der Waals surface area (Å²) < 4.78 is 0. The first-order chi connectivity index (χ1) is 9.66. The third kappa shape index (κ3) is 2.21. The smallest absolute Gasteiger partial charge is 0.254 e. The molecule has 0 unspecified atom stereocenters. The van der Waals surface area contributed by atoms with Crippen molar-refractivity contribution in [2.24, 2.45) is 0 Å². The summed E-state index contributed by atoms with van der Waals surface area (Å²) in [6, 6.07) is 17.6. The van der Waals surface area contributed by atoms with E-state index < -0.39 is 6.10 Å². The fourth-order valence-corrected chi connectivity index (χ4v) is 2.61. The predicted octanol–water partition coefficient (Wildman–Crippen LogP) is 2.44. The maximum absolute atomic E-state index is 11.9. The normalized spacial score (nSPS) is 21.7. The molecule has 20 heavy (non-hydrogen) atoms. The summed E-state index contributed by atoms with van der Waals surface area (Å²) >= 11 is 0. The first-order valence-corrected chi connectivity index (χ1v) is 6.76. The lowest BCUT2D eigenvalue weighted by atomic mass is 9.90. The topological polar surface area (TPSA) is 40.5 Å². The average molecular weight is 267 g/mol. The molecule has 2 atom stereocenters. The molecule has 1 aliphatic heterocycles. The van der Waals surface area contributed by atoms with Crippen LogP contribution in [0.4, 0.5) is 0 Å². The van der Waals surface area contributed by atoms with Crippen LogP contribution in [0.25, 0.3) is 0 Å². The van der Waals surface area contributed by atoms with Gasteiger partial charge in [0.1, 0.15) is 0 Å². The molecule has 102 valence electrons. The highest BCUT2D eigenvalue weighted by Gasteiger charge is 2.46. The van der Waals surface area contributed by atoms with E-state index in [1.54, 1.807) is 4.90 Å². The third-order valence-electron chi connectivity index (χ3n) is 3.79. The molecule has 0 aromatic heterocycles. The standard InChI is InChI=1S/C17H17NO2/c1-12-7-9-14(10-8-12)15-16(19)17(20)18(15)11-13-5-3-2-4-6-13/h2-10,15-16,19H,11H2,1H3/t15-,16+/m1/s1. The number of benzene rings is 2. The summed E-state index contributed by atoms with van der Waals surface area (Å²) in [6.07, 6.45) is -0.915. The number of likely N-dealkylation sites (tertiary alicyclic amines) is 1. The van der Waals surface area contributed by atoms with Crippen LogP contribution in [-0.2, 0) is 11.3 Å². The van der Waals surface area contributed by atoms with Crippen LogP contribution in [-0.4, -0.2) is 22.0 Å². The molecular formula is C17H17NO2. The predicted molar refractivity (Wildman–Crippen MR) is 76.9 cm³/mol. The summed E-state index contributed by atoms with van der Waals surface area (Å²) in [5.41, 5.74) is 3.23. The van der Waals surface area contributed by atoms with Crippen molar-refractivity contribution >= 4 is 5.91 Å². The van der Waals surface area contributed by atoms with Gasteiger partial charge in [0.25, 0.3) is 5.91 Å². The Hall–Kier alpha value is -2.13. The van der Waals surface area contributed by atoms with Crippen molar-refractivity contribution in [2.45, 2.75) is 25.6 Å². The SMILES string of the molecule is Cc1ccc([C@@H]2[C@H](O)C(=O)N2Cc2ccccc2)cc1. The molecule has 2 aromatic carbocycles. The molecule has 0 radical (unpaired) electrons. The molecule has 0 bridgehead atoms. The molecule has 1 heterocycles. The number of aliphatic hydroxyl groups excluding tert-OH is 1. The Morgan fingerprint density at radius 1 is 1.05 bits per heavy atom. The van der Waals surface area contributed by atoms with E-state index in [-0.39, 0.29) is 11.9 Å². The fraction of sp³-hybridized carbons (Fsp3) is 0.235. The molecule has 1 amide bonds. The Labute approximate surface area is 118 Å². The Morgan fingerprint density at radius 2 is 1.70 bits per heavy atom. The second kappa shape index (κ2) is 5.10. The highest BCUT2D eigenvalue weighted by Crippen LogP contribution is 2.36. The Balaban J connectivity index is 1.82. The zero-order valence-corrected chi connectivity index (χ0v) is 11.4. The number of carbonyl (C=O) groups is 1. The maximum Gasteiger partial charge on any atom is 0.254 e. The number of aryl methyl sites for hydroxylation is 1. The molecule has 1 fully saturated rings. The van der Waals surface area contributed by atoms with E-state index in [1.165, 1.54) is 5.56 Å². The van der Waals surface area contributed by atoms with E-state index >= 15 is 0 Å². The molecule has 3 nitrogen and oxygen atoms in total. The van der Waals surface area contributed by atoms with Gasteiger partial charge < -0.3 is 10.0 Å². The summed E-state index contributed by atoms with van der Waals surface area (Å²) in [7, 11) is 0. The van der Waals surface area contributed by atoms with Crippen molar-refractivity contribution in [1.29, 1.82) is 0 Å². The highest BCUT2D eigenvalue weighted by molar-refractivity contribution is 5.88. The quantitative estimate of drug-likeness (QED) is 0.868. The Bertz CT molecular complexity index is 607. The summed E-state index contributed by atoms with van der Waals surface area (Å²) in [5, 5.41) is 9.96. The molecule has 0 spiro atoms. The van der Waals surface area contributed by atoms with Crippen LogP contribution in [0.5, 0.6) is 0 Å². The van der Waals surface area contributed by atoms with E-state index in [0.717, 1.165) is 11.1 Å². The lowest BCUT2D eigenvalue weighted by Gasteiger charge is -2.45. The van der Waals surface area contributed by atoms with Crippen LogP contribution in [0.15, 0.2) is 54.6 Å². The summed E-state index contributed by atoms with van der Waals surface area (Å²) in [4.78, 5) is 13.6. The lowest BCUT2D eigenvalue weighted by molar-refractivity contribution is -0.168. The minimum atomic E-state index is -0.915. The number of aliphatic hydroxyl groups is 1. The van der Waals surface area contributed by atoms with Crippen LogP contribution in [0.1, 0.15) is 22.7 Å². The number of β-lactam (4-membered cyclic amide) rings is 1. The second-order valence-corrected chi connectivity index (χ2v) is 5.25. The van der Waals surface area contributed by atoms with Gasteiger partial charge in [-0.1, -0.05) is 60.2 Å². The maximum atomic E-state index is 11.9. The van der Waals surface area contributed by atoms with E-state index in [4.69, 9.17) is 0 Å². The Morgan fingerprint density at radius 3 is 2.35 bits per heavy atom. The second-order valence-electron chi connectivity index (χ2n) is 5.25. The van der Waals surface area contributed by atoms with Gasteiger partial charge in [-0.15, -0.1) is 0 Å². The number of hydrogen-bond acceptors (Lipinski definition) is 2. The first kappa shape index (κ1) is 12.9. The first-order valence-electron chi connectivity index (χ1n) is 6.76. The van der Waals surface area contributed by atoms with Gasteiger partial charge in [-0.25, -0.2) is 0 Å². The number of hydrogen-bond donors (Lipinski definition) is 1. The monoisotopic (exact) mass is 267 g/mol. The van der Waals surface area contributed by atoms with Crippen LogP contribution in [0.2, 0.25) is 0 Å². The van der Waals surface area contributed by atoms with E-state index in [0.29, 0.717) is 6.54 Å². The van der Waals surface area contributed by atoms with E-state index in [9.17, 15) is 9.90 Å². The minimum absolute atomic E-state index is 0.195. The van der Waals surface area contributed by atoms with E-state index in [2.05, 4.69) is 0 Å². The number of rotatable bonds is 3. The van der Waals surface area contributed by atoms with Crippen LogP contribution in [0, 0.1) is 6.92 Å². The zero-order chi connectivity index (χ0) is 14.1. The van der Waals surface area contributed by atoms with Crippen molar-refractivity contribution in [1.82, 2.24) is 4.90 Å². The van der Waals surface area contributed by atoms with Gasteiger partial charge in [-0.05, 0) is 18.1 Å². The molecule has 0 aliphatic carbocycles. The highest BCUT2D eigenvalue weighted by atomic mass is 16.3. The van der Waals surface area contributed by atoms with Crippen molar-refractivity contribution in [3.8, 4) is 0 Å². The molecule has 1 saturated heterocycles. The zero-order valence-electron chi connectivity index (χ0n) is 11.4. The number of nitrogens with zero attached hydrogens (tertiary/aromatic N) is 1. The van der Waals surface area contributed by atoms with Gasteiger partial charge in [0.15, 0.2) is 6.10 Å². The molecule has 1 N–H and O–H groups in total. The van der Waals surface area contributed by atoms with Gasteiger partial charge in [-0.3, -0.25) is 4.79 Å². The third-order valence-corrected chi connectivity index (χ3v) is 3.79. The van der Waals surface area contributed by atoms with Crippen molar-refractivity contribution in [2.75, 3.05) is 0 Å². The van der Waals surface area contributed by atoms with Crippen molar-refractivity contribution in [3.63, 3.8) is 0 Å². The molecular weight excluding hydrogens is 250 g/mol. The average Bonchev–Trinajstić information content (AvgIpc) is 2.49. The molecule has 3 heteroatoms. The van der Waals surface area contributed by atoms with Crippen LogP contribution >= 0.6 is 0 Å². The number of carbonyl (C=O) groups excluding carboxylic acids is 1. The van der Waals surface area contributed by atoms with Gasteiger partial charge in [0.2, 0.25) is 0 Å². The molecule has 2 aromatic rings. The summed E-state index contributed by atoms with van der Waals surface area (Å²) in [5.74, 6) is -0.195.